The first-order valence-electron chi connectivity index (χ1n) is 8.23. The summed E-state index contributed by atoms with van der Waals surface area (Å²) in [6.07, 6.45) is 5.91. The lowest BCUT2D eigenvalue weighted by atomic mass is 9.83. The van der Waals surface area contributed by atoms with Crippen LogP contribution in [0.2, 0.25) is 0 Å². The molecule has 2 aliphatic rings. The van der Waals surface area contributed by atoms with Crippen LogP contribution >= 0.6 is 0 Å². The molecular weight excluding hydrogens is 246 g/mol. The van der Waals surface area contributed by atoms with Crippen LogP contribution in [0.25, 0.3) is 0 Å². The first-order valence-corrected chi connectivity index (χ1v) is 8.23. The lowest BCUT2D eigenvalue weighted by Gasteiger charge is -2.31. The highest BCUT2D eigenvalue weighted by Gasteiger charge is 2.42. The summed E-state index contributed by atoms with van der Waals surface area (Å²) < 4.78 is 2.01. The number of hydrogen-bond donors (Lipinski definition) is 1. The second-order valence-electron chi connectivity index (χ2n) is 7.22. The van der Waals surface area contributed by atoms with Gasteiger partial charge in [0.25, 0.3) is 0 Å². The zero-order valence-corrected chi connectivity index (χ0v) is 13.6. The number of hydrogen-bond acceptors (Lipinski definition) is 2. The molecule has 0 saturated heterocycles. The smallest absolute Gasteiger partial charge is 0.0644 e. The Balaban J connectivity index is 1.68. The first-order chi connectivity index (χ1) is 9.47. The van der Waals surface area contributed by atoms with Crippen LogP contribution in [0.4, 0.5) is 0 Å². The van der Waals surface area contributed by atoms with E-state index >= 15 is 0 Å². The van der Waals surface area contributed by atoms with Crippen LogP contribution < -0.4 is 5.32 Å². The maximum absolute atomic E-state index is 4.55. The van der Waals surface area contributed by atoms with Gasteiger partial charge in [0.05, 0.1) is 5.69 Å². The Kier molecular flexibility index (Phi) is 3.65. The van der Waals surface area contributed by atoms with Crippen molar-refractivity contribution in [2.24, 2.45) is 24.8 Å². The van der Waals surface area contributed by atoms with E-state index in [1.165, 1.54) is 42.6 Å². The first kappa shape index (κ1) is 14.1. The van der Waals surface area contributed by atoms with Crippen LogP contribution in [0.15, 0.2) is 0 Å². The molecule has 1 aromatic rings. The van der Waals surface area contributed by atoms with Crippen molar-refractivity contribution in [1.82, 2.24) is 15.1 Å². The molecule has 0 aromatic carbocycles. The predicted molar refractivity (Wildman–Crippen MR) is 82.6 cm³/mol. The van der Waals surface area contributed by atoms with Gasteiger partial charge in [0.1, 0.15) is 0 Å². The van der Waals surface area contributed by atoms with Crippen molar-refractivity contribution in [1.29, 1.82) is 0 Å². The van der Waals surface area contributed by atoms with Crippen molar-refractivity contribution >= 4 is 0 Å². The van der Waals surface area contributed by atoms with E-state index in [1.54, 1.807) is 0 Å². The number of fused-ring (bicyclic) bond motifs is 2. The van der Waals surface area contributed by atoms with Crippen LogP contribution in [-0.2, 0) is 7.05 Å². The third-order valence-electron chi connectivity index (χ3n) is 5.95. The summed E-state index contributed by atoms with van der Waals surface area (Å²) in [6.45, 7) is 8.99. The molecule has 112 valence electrons. The molecule has 2 aliphatic carbocycles. The van der Waals surface area contributed by atoms with Crippen molar-refractivity contribution < 1.29 is 0 Å². The van der Waals surface area contributed by atoms with E-state index in [0.717, 1.165) is 17.8 Å². The minimum absolute atomic E-state index is 0.401. The SMILES string of the molecule is Cc1nn(C)c(C)c1C(C)NC(C)C1CC2CCC1C2. The average Bonchev–Trinajstić information content (AvgIpc) is 3.05. The van der Waals surface area contributed by atoms with Crippen LogP contribution in [0.1, 0.15) is 62.5 Å². The van der Waals surface area contributed by atoms with Gasteiger partial charge in [-0.05, 0) is 64.7 Å². The summed E-state index contributed by atoms with van der Waals surface area (Å²) in [5, 5.41) is 8.42. The van der Waals surface area contributed by atoms with Crippen LogP contribution in [0.3, 0.4) is 0 Å². The maximum atomic E-state index is 4.55. The normalized spacial score (nSPS) is 31.8. The summed E-state index contributed by atoms with van der Waals surface area (Å²) in [7, 11) is 2.04. The molecule has 2 fully saturated rings. The molecule has 3 rings (SSSR count). The fraction of sp³-hybridized carbons (Fsp3) is 0.824. The second kappa shape index (κ2) is 5.18. The summed E-state index contributed by atoms with van der Waals surface area (Å²) in [6, 6.07) is 1.03. The minimum Gasteiger partial charge on any atom is -0.307 e. The molecule has 20 heavy (non-hydrogen) atoms. The van der Waals surface area contributed by atoms with E-state index in [0.29, 0.717) is 12.1 Å². The number of aromatic nitrogens is 2. The van der Waals surface area contributed by atoms with Crippen molar-refractivity contribution in [2.75, 3.05) is 0 Å². The fourth-order valence-electron chi connectivity index (χ4n) is 4.92. The molecule has 1 N–H and O–H groups in total. The lowest BCUT2D eigenvalue weighted by molar-refractivity contribution is 0.248. The van der Waals surface area contributed by atoms with Gasteiger partial charge in [-0.1, -0.05) is 6.42 Å². The van der Waals surface area contributed by atoms with Crippen molar-refractivity contribution in [3.05, 3.63) is 17.0 Å². The number of nitrogens with zero attached hydrogens (tertiary/aromatic N) is 2. The largest absolute Gasteiger partial charge is 0.307 e. The van der Waals surface area contributed by atoms with Gasteiger partial charge in [0, 0.05) is 30.4 Å². The van der Waals surface area contributed by atoms with Gasteiger partial charge < -0.3 is 5.32 Å². The Bertz CT molecular complexity index is 491. The molecule has 2 bridgehead atoms. The van der Waals surface area contributed by atoms with Gasteiger partial charge in [-0.25, -0.2) is 0 Å². The molecule has 1 heterocycles. The molecular formula is C17H29N3. The molecule has 2 saturated carbocycles. The van der Waals surface area contributed by atoms with Gasteiger partial charge >= 0.3 is 0 Å². The summed E-state index contributed by atoms with van der Waals surface area (Å²) in [4.78, 5) is 0. The van der Waals surface area contributed by atoms with E-state index in [1.807, 2.05) is 11.7 Å². The van der Waals surface area contributed by atoms with E-state index < -0.39 is 0 Å². The molecule has 0 aliphatic heterocycles. The minimum atomic E-state index is 0.401. The molecule has 3 nitrogen and oxygen atoms in total. The summed E-state index contributed by atoms with van der Waals surface area (Å²) in [5.74, 6) is 2.92. The second-order valence-corrected chi connectivity index (χ2v) is 7.22. The Morgan fingerprint density at radius 1 is 1.20 bits per heavy atom. The van der Waals surface area contributed by atoms with E-state index in [-0.39, 0.29) is 0 Å². The Morgan fingerprint density at radius 2 is 1.95 bits per heavy atom. The predicted octanol–water partition coefficient (Wildman–Crippen LogP) is 3.51. The monoisotopic (exact) mass is 275 g/mol. The highest BCUT2D eigenvalue weighted by Crippen LogP contribution is 2.49. The molecule has 3 heteroatoms. The molecule has 0 radical (unpaired) electrons. The van der Waals surface area contributed by atoms with Crippen LogP contribution in [-0.4, -0.2) is 15.8 Å². The molecule has 1 aromatic heterocycles. The highest BCUT2D eigenvalue weighted by atomic mass is 15.3. The van der Waals surface area contributed by atoms with E-state index in [2.05, 4.69) is 38.1 Å². The van der Waals surface area contributed by atoms with Gasteiger partial charge in [-0.3, -0.25) is 4.68 Å². The van der Waals surface area contributed by atoms with Crippen LogP contribution in [0.5, 0.6) is 0 Å². The highest BCUT2D eigenvalue weighted by molar-refractivity contribution is 5.27. The van der Waals surface area contributed by atoms with E-state index in [9.17, 15) is 0 Å². The van der Waals surface area contributed by atoms with Gasteiger partial charge in [-0.2, -0.15) is 5.10 Å². The number of nitrogens with one attached hydrogen (secondary N) is 1. The van der Waals surface area contributed by atoms with Gasteiger partial charge in [0.2, 0.25) is 0 Å². The van der Waals surface area contributed by atoms with Crippen molar-refractivity contribution in [3.63, 3.8) is 0 Å². The third-order valence-corrected chi connectivity index (χ3v) is 5.95. The topological polar surface area (TPSA) is 29.9 Å². The van der Waals surface area contributed by atoms with Gasteiger partial charge in [0.15, 0.2) is 0 Å². The number of rotatable bonds is 4. The van der Waals surface area contributed by atoms with Gasteiger partial charge in [-0.15, -0.1) is 0 Å². The van der Waals surface area contributed by atoms with E-state index in [4.69, 9.17) is 0 Å². The maximum Gasteiger partial charge on any atom is 0.0644 e. The fourth-order valence-corrected chi connectivity index (χ4v) is 4.92. The average molecular weight is 275 g/mol. The van der Waals surface area contributed by atoms with Crippen molar-refractivity contribution in [3.8, 4) is 0 Å². The zero-order chi connectivity index (χ0) is 14.4. The molecule has 0 spiro atoms. The summed E-state index contributed by atoms with van der Waals surface area (Å²) in [5.41, 5.74) is 3.86. The quantitative estimate of drug-likeness (QED) is 0.911. The Labute approximate surface area is 123 Å². The molecule has 5 unspecified atom stereocenters. The summed E-state index contributed by atoms with van der Waals surface area (Å²) >= 11 is 0. The lowest BCUT2D eigenvalue weighted by Crippen LogP contribution is -2.38. The Hall–Kier alpha value is -0.830. The zero-order valence-electron chi connectivity index (χ0n) is 13.6. The third kappa shape index (κ3) is 2.30. The number of aryl methyl sites for hydroxylation is 2. The van der Waals surface area contributed by atoms with Crippen molar-refractivity contribution in [2.45, 2.75) is 65.5 Å². The Morgan fingerprint density at radius 3 is 2.45 bits per heavy atom. The molecule has 5 atom stereocenters. The van der Waals surface area contributed by atoms with Crippen LogP contribution in [0, 0.1) is 31.6 Å². The molecule has 0 amide bonds. The standard InChI is InChI=1S/C17H29N3/c1-10(16-9-14-6-7-15(16)8-14)18-11(2)17-12(3)19-20(5)13(17)4/h10-11,14-16,18H,6-9H2,1-5H3.